The fourth-order valence-electron chi connectivity index (χ4n) is 2.07. The molecular weight excluding hydrogens is 272 g/mol. The molecule has 0 saturated carbocycles. The van der Waals surface area contributed by atoms with Crippen molar-refractivity contribution in [2.75, 3.05) is 13.7 Å². The maximum absolute atomic E-state index is 8.92. The molecule has 0 amide bonds. The highest BCUT2D eigenvalue weighted by Crippen LogP contribution is 2.33. The first kappa shape index (κ1) is 14.6. The molecule has 0 aliphatic carbocycles. The van der Waals surface area contributed by atoms with E-state index in [1.807, 2.05) is 49.4 Å². The number of hydrogen-bond donors (Lipinski definition) is 1. The van der Waals surface area contributed by atoms with Gasteiger partial charge in [-0.15, -0.1) is 0 Å². The topological polar surface area (TPSA) is 29.5 Å². The lowest BCUT2D eigenvalue weighted by molar-refractivity contribution is 0.343. The van der Waals surface area contributed by atoms with E-state index in [-0.39, 0.29) is 6.61 Å². The van der Waals surface area contributed by atoms with Crippen molar-refractivity contribution in [1.29, 1.82) is 0 Å². The van der Waals surface area contributed by atoms with Crippen molar-refractivity contribution in [2.24, 2.45) is 0 Å². The molecule has 104 valence electrons. The first-order valence-corrected chi connectivity index (χ1v) is 6.75. The molecule has 0 bridgehead atoms. The maximum Gasteiger partial charge on any atom is 0.126 e. The minimum atomic E-state index is 0.0513. The van der Waals surface area contributed by atoms with Crippen LogP contribution in [0.25, 0.3) is 16.7 Å². The van der Waals surface area contributed by atoms with Crippen LogP contribution in [-0.4, -0.2) is 18.8 Å². The molecule has 2 rings (SSSR count). The average Bonchev–Trinajstić information content (AvgIpc) is 2.47. The van der Waals surface area contributed by atoms with Crippen LogP contribution in [0.2, 0.25) is 5.02 Å². The van der Waals surface area contributed by atoms with Crippen LogP contribution in [0.1, 0.15) is 12.5 Å². The summed E-state index contributed by atoms with van der Waals surface area (Å²) in [6.07, 6.45) is 1.79. The molecule has 1 N–H and O–H groups in total. The lowest BCUT2D eigenvalue weighted by Gasteiger charge is -2.10. The Labute approximate surface area is 124 Å². The molecule has 20 heavy (non-hydrogen) atoms. The molecule has 0 aliphatic rings. The molecule has 2 aromatic rings. The number of benzene rings is 2. The van der Waals surface area contributed by atoms with E-state index in [1.54, 1.807) is 13.2 Å². The second-order valence-electron chi connectivity index (χ2n) is 4.49. The number of allylic oxidation sites excluding steroid dienone is 1. The third-order valence-electron chi connectivity index (χ3n) is 3.21. The molecule has 0 fully saturated rings. The van der Waals surface area contributed by atoms with Gasteiger partial charge < -0.3 is 9.84 Å². The van der Waals surface area contributed by atoms with Gasteiger partial charge in [-0.1, -0.05) is 41.9 Å². The smallest absolute Gasteiger partial charge is 0.126 e. The summed E-state index contributed by atoms with van der Waals surface area (Å²) in [4.78, 5) is 0. The zero-order valence-corrected chi connectivity index (χ0v) is 12.3. The molecule has 0 saturated heterocycles. The van der Waals surface area contributed by atoms with Gasteiger partial charge in [0.05, 0.1) is 13.7 Å². The average molecular weight is 289 g/mol. The predicted octanol–water partition coefficient (Wildman–Crippen LogP) is 4.41. The fraction of sp³-hybridized carbons (Fsp3) is 0.176. The molecule has 0 spiro atoms. The Morgan fingerprint density at radius 3 is 2.50 bits per heavy atom. The third kappa shape index (κ3) is 3.21. The van der Waals surface area contributed by atoms with Crippen molar-refractivity contribution in [2.45, 2.75) is 6.92 Å². The highest BCUT2D eigenvalue weighted by Gasteiger charge is 2.07. The number of hydrogen-bond acceptors (Lipinski definition) is 2. The summed E-state index contributed by atoms with van der Waals surface area (Å²) in [7, 11) is 1.65. The van der Waals surface area contributed by atoms with Crippen LogP contribution < -0.4 is 4.74 Å². The van der Waals surface area contributed by atoms with E-state index < -0.39 is 0 Å². The van der Waals surface area contributed by atoms with Crippen molar-refractivity contribution in [3.8, 4) is 16.9 Å². The zero-order chi connectivity index (χ0) is 14.5. The Balaban J connectivity index is 2.40. The number of ether oxygens (including phenoxy) is 1. The van der Waals surface area contributed by atoms with Crippen LogP contribution in [0.3, 0.4) is 0 Å². The predicted molar refractivity (Wildman–Crippen MR) is 84.2 cm³/mol. The Kier molecular flexibility index (Phi) is 4.83. The quantitative estimate of drug-likeness (QED) is 0.903. The second-order valence-corrected chi connectivity index (χ2v) is 4.93. The SMILES string of the molecule is COc1ccc(Cl)cc1-c1ccc(/C(C)=C/CO)cc1. The van der Waals surface area contributed by atoms with Crippen molar-refractivity contribution < 1.29 is 9.84 Å². The van der Waals surface area contributed by atoms with Gasteiger partial charge in [-0.25, -0.2) is 0 Å². The van der Waals surface area contributed by atoms with Crippen LogP contribution in [0.4, 0.5) is 0 Å². The Bertz CT molecular complexity index is 615. The fourth-order valence-corrected chi connectivity index (χ4v) is 2.25. The molecular formula is C17H17ClO2. The van der Waals surface area contributed by atoms with E-state index in [2.05, 4.69) is 0 Å². The van der Waals surface area contributed by atoms with Crippen LogP contribution in [-0.2, 0) is 0 Å². The van der Waals surface area contributed by atoms with Crippen LogP contribution in [0, 0.1) is 0 Å². The Morgan fingerprint density at radius 1 is 1.20 bits per heavy atom. The molecule has 3 heteroatoms. The summed E-state index contributed by atoms with van der Waals surface area (Å²) in [6, 6.07) is 13.7. The van der Waals surface area contributed by atoms with Gasteiger partial charge in [-0.3, -0.25) is 0 Å². The molecule has 2 aromatic carbocycles. The number of rotatable bonds is 4. The van der Waals surface area contributed by atoms with Crippen LogP contribution in [0.5, 0.6) is 5.75 Å². The summed E-state index contributed by atoms with van der Waals surface area (Å²) >= 11 is 6.05. The second kappa shape index (κ2) is 6.60. The summed E-state index contributed by atoms with van der Waals surface area (Å²) in [6.45, 7) is 2.03. The van der Waals surface area contributed by atoms with E-state index in [4.69, 9.17) is 21.4 Å². The van der Waals surface area contributed by atoms with E-state index in [9.17, 15) is 0 Å². The molecule has 0 aliphatic heterocycles. The zero-order valence-electron chi connectivity index (χ0n) is 11.6. The molecule has 0 atom stereocenters. The highest BCUT2D eigenvalue weighted by atomic mass is 35.5. The monoisotopic (exact) mass is 288 g/mol. The minimum Gasteiger partial charge on any atom is -0.496 e. The van der Waals surface area contributed by atoms with E-state index >= 15 is 0 Å². The van der Waals surface area contributed by atoms with Crippen molar-refractivity contribution in [1.82, 2.24) is 0 Å². The minimum absolute atomic E-state index is 0.0513. The number of methoxy groups -OCH3 is 1. The van der Waals surface area contributed by atoms with E-state index in [0.717, 1.165) is 28.0 Å². The van der Waals surface area contributed by atoms with Crippen LogP contribution >= 0.6 is 11.6 Å². The maximum atomic E-state index is 8.92. The lowest BCUT2D eigenvalue weighted by atomic mass is 10.0. The van der Waals surface area contributed by atoms with E-state index in [0.29, 0.717) is 5.02 Å². The molecule has 0 heterocycles. The largest absolute Gasteiger partial charge is 0.496 e. The number of halogens is 1. The molecule has 0 aromatic heterocycles. The van der Waals surface area contributed by atoms with Crippen molar-refractivity contribution in [3.63, 3.8) is 0 Å². The Hall–Kier alpha value is -1.77. The van der Waals surface area contributed by atoms with Gasteiger partial charge in [0.15, 0.2) is 0 Å². The third-order valence-corrected chi connectivity index (χ3v) is 3.45. The molecule has 0 radical (unpaired) electrons. The van der Waals surface area contributed by atoms with Gasteiger partial charge in [0.1, 0.15) is 5.75 Å². The van der Waals surface area contributed by atoms with Gasteiger partial charge in [0.2, 0.25) is 0 Å². The molecule has 2 nitrogen and oxygen atoms in total. The lowest BCUT2D eigenvalue weighted by Crippen LogP contribution is -1.89. The summed E-state index contributed by atoms with van der Waals surface area (Å²) in [5.41, 5.74) is 4.15. The summed E-state index contributed by atoms with van der Waals surface area (Å²) in [5.74, 6) is 0.796. The first-order valence-electron chi connectivity index (χ1n) is 6.37. The van der Waals surface area contributed by atoms with Crippen LogP contribution in [0.15, 0.2) is 48.5 Å². The van der Waals surface area contributed by atoms with Gasteiger partial charge in [-0.2, -0.15) is 0 Å². The van der Waals surface area contributed by atoms with Crippen molar-refractivity contribution in [3.05, 3.63) is 59.1 Å². The van der Waals surface area contributed by atoms with Gasteiger partial charge >= 0.3 is 0 Å². The first-order chi connectivity index (χ1) is 9.65. The van der Waals surface area contributed by atoms with Crippen molar-refractivity contribution >= 4 is 17.2 Å². The Morgan fingerprint density at radius 2 is 1.90 bits per heavy atom. The van der Waals surface area contributed by atoms with E-state index in [1.165, 1.54) is 0 Å². The van der Waals surface area contributed by atoms with Gasteiger partial charge in [0.25, 0.3) is 0 Å². The van der Waals surface area contributed by atoms with Gasteiger partial charge in [0, 0.05) is 10.6 Å². The van der Waals surface area contributed by atoms with Gasteiger partial charge in [-0.05, 0) is 41.8 Å². The normalized spacial score (nSPS) is 11.5. The molecule has 0 unspecified atom stereocenters. The summed E-state index contributed by atoms with van der Waals surface area (Å²) in [5, 5.41) is 9.60. The summed E-state index contributed by atoms with van der Waals surface area (Å²) < 4.78 is 5.37. The number of aliphatic hydroxyl groups excluding tert-OH is 1. The standard InChI is InChI=1S/C17H17ClO2/c1-12(9-10-19)13-3-5-14(6-4-13)16-11-15(18)7-8-17(16)20-2/h3-9,11,19H,10H2,1-2H3/b12-9+. The number of aliphatic hydroxyl groups is 1. The highest BCUT2D eigenvalue weighted by molar-refractivity contribution is 6.31.